The normalized spacial score (nSPS) is 14.7. The van der Waals surface area contributed by atoms with Crippen LogP contribution < -0.4 is 10.1 Å². The number of amides is 1. The lowest BCUT2D eigenvalue weighted by atomic mass is 10.0. The molecule has 6 nitrogen and oxygen atoms in total. The Morgan fingerprint density at radius 2 is 2.15 bits per heavy atom. The lowest BCUT2D eigenvalue weighted by Gasteiger charge is -2.16. The number of thiazole rings is 1. The van der Waals surface area contributed by atoms with Crippen molar-refractivity contribution in [3.8, 4) is 32.8 Å². The summed E-state index contributed by atoms with van der Waals surface area (Å²) in [5.74, 6) is 0.674. The smallest absolute Gasteiger partial charge is 0.236 e. The molecule has 1 heterocycles. The van der Waals surface area contributed by atoms with E-state index in [0.29, 0.717) is 17.9 Å². The highest BCUT2D eigenvalue weighted by molar-refractivity contribution is 7.18. The van der Waals surface area contributed by atoms with E-state index < -0.39 is 0 Å². The van der Waals surface area contributed by atoms with Gasteiger partial charge in [-0.1, -0.05) is 18.2 Å². The number of benzene rings is 2. The maximum atomic E-state index is 12.0. The number of nitriles is 1. The molecule has 0 fully saturated rings. The van der Waals surface area contributed by atoms with Crippen LogP contribution in [-0.2, 0) is 11.2 Å². The summed E-state index contributed by atoms with van der Waals surface area (Å²) in [4.78, 5) is 19.4. The zero-order valence-electron chi connectivity index (χ0n) is 19.4. The highest BCUT2D eigenvalue weighted by Gasteiger charge is 2.26. The molecule has 170 valence electrons. The first-order valence-electron chi connectivity index (χ1n) is 11.1. The van der Waals surface area contributed by atoms with Gasteiger partial charge in [-0.05, 0) is 61.6 Å². The molecule has 0 spiro atoms. The first-order valence-corrected chi connectivity index (χ1v) is 11.9. The molecule has 0 saturated heterocycles. The second-order valence-electron chi connectivity index (χ2n) is 8.65. The second kappa shape index (κ2) is 9.74. The number of ether oxygens (including phenoxy) is 1. The van der Waals surface area contributed by atoms with Gasteiger partial charge in [-0.15, -0.1) is 11.3 Å². The first kappa shape index (κ1) is 23.0. The van der Waals surface area contributed by atoms with Crippen LogP contribution in [0.5, 0.6) is 5.75 Å². The zero-order valence-corrected chi connectivity index (χ0v) is 20.2. The molecule has 0 aliphatic heterocycles. The van der Waals surface area contributed by atoms with Crippen molar-refractivity contribution in [1.82, 2.24) is 15.2 Å². The molecular formula is C26H28N4O2S. The third-order valence-corrected chi connectivity index (χ3v) is 6.83. The average Bonchev–Trinajstić information content (AvgIpc) is 3.44. The molecule has 1 aliphatic rings. The van der Waals surface area contributed by atoms with E-state index in [1.54, 1.807) is 30.3 Å². The van der Waals surface area contributed by atoms with E-state index in [9.17, 15) is 10.1 Å². The van der Waals surface area contributed by atoms with Crippen LogP contribution in [0.3, 0.4) is 0 Å². The Hall–Kier alpha value is -3.21. The molecular weight excluding hydrogens is 432 g/mol. The van der Waals surface area contributed by atoms with E-state index in [1.165, 1.54) is 16.7 Å². The Bertz CT molecular complexity index is 1210. The maximum absolute atomic E-state index is 12.0. The minimum absolute atomic E-state index is 0.00825. The van der Waals surface area contributed by atoms with Gasteiger partial charge in [0.05, 0.1) is 23.1 Å². The number of rotatable bonds is 7. The minimum atomic E-state index is 0.00825. The van der Waals surface area contributed by atoms with E-state index in [4.69, 9.17) is 4.74 Å². The molecule has 2 aromatic carbocycles. The number of likely N-dealkylation sites (N-methyl/N-ethyl adjacent to an activating group) is 1. The van der Waals surface area contributed by atoms with Gasteiger partial charge in [-0.3, -0.25) is 4.79 Å². The van der Waals surface area contributed by atoms with Crippen LogP contribution in [-0.4, -0.2) is 42.5 Å². The van der Waals surface area contributed by atoms with Crippen molar-refractivity contribution in [3.63, 3.8) is 0 Å². The van der Waals surface area contributed by atoms with Crippen molar-refractivity contribution in [2.24, 2.45) is 0 Å². The highest BCUT2D eigenvalue weighted by Crippen LogP contribution is 2.41. The maximum Gasteiger partial charge on any atom is 0.236 e. The number of hydrogen-bond acceptors (Lipinski definition) is 6. The lowest BCUT2D eigenvalue weighted by molar-refractivity contribution is -0.127. The molecule has 1 N–H and O–H groups in total. The van der Waals surface area contributed by atoms with E-state index >= 15 is 0 Å². The topological polar surface area (TPSA) is 78.2 Å². The van der Waals surface area contributed by atoms with Crippen LogP contribution in [0.1, 0.15) is 43.0 Å². The summed E-state index contributed by atoms with van der Waals surface area (Å²) in [5, 5.41) is 13.8. The van der Waals surface area contributed by atoms with Crippen LogP contribution in [0.4, 0.5) is 0 Å². The molecule has 0 unspecified atom stereocenters. The quantitative estimate of drug-likeness (QED) is 0.548. The number of hydrogen-bond donors (Lipinski definition) is 1. The van der Waals surface area contributed by atoms with Gasteiger partial charge in [-0.25, -0.2) is 4.98 Å². The summed E-state index contributed by atoms with van der Waals surface area (Å²) in [7, 11) is 3.55. The summed E-state index contributed by atoms with van der Waals surface area (Å²) in [6.07, 6.45) is 3.86. The monoisotopic (exact) mass is 460 g/mol. The van der Waals surface area contributed by atoms with Crippen molar-refractivity contribution in [3.05, 3.63) is 59.3 Å². The van der Waals surface area contributed by atoms with Gasteiger partial charge in [0.15, 0.2) is 0 Å². The van der Waals surface area contributed by atoms with Gasteiger partial charge in [0.2, 0.25) is 5.91 Å². The van der Waals surface area contributed by atoms with Gasteiger partial charge in [0.25, 0.3) is 0 Å². The Balaban J connectivity index is 1.58. The van der Waals surface area contributed by atoms with E-state index in [-0.39, 0.29) is 18.1 Å². The molecule has 0 saturated carbocycles. The summed E-state index contributed by atoms with van der Waals surface area (Å²) in [6, 6.07) is 14.4. The highest BCUT2D eigenvalue weighted by atomic mass is 32.1. The van der Waals surface area contributed by atoms with Crippen LogP contribution in [0.2, 0.25) is 0 Å². The molecule has 7 heteroatoms. The Kier molecular flexibility index (Phi) is 6.77. The minimum Gasteiger partial charge on any atom is -0.490 e. The standard InChI is InChI=1S/C26H28N4O2S/c1-16(2)32-23-11-8-17(12-18(23)13-27)26-29-14-24(33-26)21-7-5-6-20-19(21)9-10-22(20)28-15-25(31)30(3)4/h5-8,11-12,14,16,22,28H,9-10,15H2,1-4H3/t22-/m1/s1. The average molecular weight is 461 g/mol. The van der Waals surface area contributed by atoms with Crippen molar-refractivity contribution in [2.45, 2.75) is 38.8 Å². The molecule has 0 radical (unpaired) electrons. The summed E-state index contributed by atoms with van der Waals surface area (Å²) >= 11 is 1.62. The number of fused-ring (bicyclic) bond motifs is 1. The van der Waals surface area contributed by atoms with Crippen molar-refractivity contribution < 1.29 is 9.53 Å². The number of nitrogens with zero attached hydrogens (tertiary/aromatic N) is 3. The fourth-order valence-corrected chi connectivity index (χ4v) is 5.07. The van der Waals surface area contributed by atoms with E-state index in [1.807, 2.05) is 38.2 Å². The fraction of sp³-hybridized carbons (Fsp3) is 0.346. The van der Waals surface area contributed by atoms with E-state index in [0.717, 1.165) is 28.3 Å². The van der Waals surface area contributed by atoms with Crippen LogP contribution in [0.15, 0.2) is 42.6 Å². The SMILES string of the molecule is CC(C)Oc1ccc(-c2ncc(-c3cccc4c3CC[C@H]4NCC(=O)N(C)C)s2)cc1C#N. The molecule has 1 aliphatic carbocycles. The van der Waals surface area contributed by atoms with Crippen molar-refractivity contribution >= 4 is 17.2 Å². The van der Waals surface area contributed by atoms with Crippen LogP contribution in [0, 0.1) is 11.3 Å². The molecule has 33 heavy (non-hydrogen) atoms. The summed E-state index contributed by atoms with van der Waals surface area (Å²) in [6.45, 7) is 4.23. The molecule has 1 aromatic heterocycles. The molecule has 4 rings (SSSR count). The number of nitrogens with one attached hydrogen (secondary N) is 1. The second-order valence-corrected chi connectivity index (χ2v) is 9.68. The molecule has 0 bridgehead atoms. The largest absolute Gasteiger partial charge is 0.490 e. The van der Waals surface area contributed by atoms with Crippen LogP contribution >= 0.6 is 11.3 Å². The molecule has 1 amide bonds. The lowest BCUT2D eigenvalue weighted by Crippen LogP contribution is -2.34. The number of carbonyl (C=O) groups excluding carboxylic acids is 1. The van der Waals surface area contributed by atoms with Gasteiger partial charge in [0, 0.05) is 31.9 Å². The van der Waals surface area contributed by atoms with Gasteiger partial charge in [-0.2, -0.15) is 5.26 Å². The number of carbonyl (C=O) groups is 1. The Labute approximate surface area is 198 Å². The predicted molar refractivity (Wildman–Crippen MR) is 131 cm³/mol. The molecule has 1 atom stereocenters. The Morgan fingerprint density at radius 3 is 2.88 bits per heavy atom. The van der Waals surface area contributed by atoms with Gasteiger partial charge >= 0.3 is 0 Å². The van der Waals surface area contributed by atoms with E-state index in [2.05, 4.69) is 34.6 Å². The van der Waals surface area contributed by atoms with Gasteiger partial charge in [0.1, 0.15) is 16.8 Å². The first-order chi connectivity index (χ1) is 15.9. The van der Waals surface area contributed by atoms with Crippen molar-refractivity contribution in [1.29, 1.82) is 5.26 Å². The van der Waals surface area contributed by atoms with Crippen LogP contribution in [0.25, 0.3) is 21.0 Å². The fourth-order valence-electron chi connectivity index (χ4n) is 4.11. The number of aromatic nitrogens is 1. The Morgan fingerprint density at radius 1 is 1.33 bits per heavy atom. The summed E-state index contributed by atoms with van der Waals surface area (Å²) in [5.41, 5.74) is 5.20. The third-order valence-electron chi connectivity index (χ3n) is 5.75. The predicted octanol–water partition coefficient (Wildman–Crippen LogP) is 4.80. The van der Waals surface area contributed by atoms with Gasteiger partial charge < -0.3 is 15.0 Å². The van der Waals surface area contributed by atoms with Crippen molar-refractivity contribution in [2.75, 3.05) is 20.6 Å². The zero-order chi connectivity index (χ0) is 23.5. The third kappa shape index (κ3) is 4.92. The summed E-state index contributed by atoms with van der Waals surface area (Å²) < 4.78 is 5.74. The molecule has 3 aromatic rings.